The average Bonchev–Trinajstić information content (AvgIpc) is 2.50. The zero-order valence-corrected chi connectivity index (χ0v) is 6.37. The summed E-state index contributed by atoms with van der Waals surface area (Å²) in [5.41, 5.74) is 0.459. The van der Waals surface area contributed by atoms with Gasteiger partial charge in [0.05, 0.1) is 0 Å². The summed E-state index contributed by atoms with van der Waals surface area (Å²) >= 11 is 0. The molecule has 2 N–H and O–H groups in total. The molecule has 0 saturated carbocycles. The fourth-order valence-electron chi connectivity index (χ4n) is 0.601. The van der Waals surface area contributed by atoms with Crippen LogP contribution < -0.4 is 5.32 Å². The second-order valence-electron chi connectivity index (χ2n) is 1.78. The van der Waals surface area contributed by atoms with Gasteiger partial charge in [-0.1, -0.05) is 5.16 Å². The van der Waals surface area contributed by atoms with Gasteiger partial charge in [-0.15, -0.1) is 0 Å². The summed E-state index contributed by atoms with van der Waals surface area (Å²) in [6.45, 7) is 0. The van der Waals surface area contributed by atoms with Gasteiger partial charge >= 0.3 is 0 Å². The maximum Gasteiger partial charge on any atom is 0.213 e. The number of aromatic nitrogens is 2. The normalized spacial score (nSPS) is 10.1. The molecule has 0 aliphatic heterocycles. The largest absolute Gasteiger partial charge is 0.399 e. The molecule has 0 atom stereocenters. The third kappa shape index (κ3) is 2.08. The third-order valence-electron chi connectivity index (χ3n) is 1.02. The maximum absolute atomic E-state index is 9.96. The van der Waals surface area contributed by atoms with E-state index in [2.05, 4.69) is 31.5 Å². The molecule has 0 aromatic carbocycles. The Balaban J connectivity index is 2.63. The molecule has 1 amide bonds. The van der Waals surface area contributed by atoms with E-state index in [-0.39, 0.29) is 0 Å². The Bertz CT molecular complexity index is 281. The van der Waals surface area contributed by atoms with Crippen molar-refractivity contribution >= 4 is 18.6 Å². The Hall–Kier alpha value is -1.85. The van der Waals surface area contributed by atoms with Crippen molar-refractivity contribution < 1.29 is 9.63 Å². The van der Waals surface area contributed by atoms with E-state index < -0.39 is 0 Å². The molecule has 1 heterocycles. The molecular formula is C6H7N4O2. The van der Waals surface area contributed by atoms with Crippen molar-refractivity contribution in [1.82, 2.24) is 9.97 Å². The Morgan fingerprint density at radius 3 is 3.42 bits per heavy atom. The minimum absolute atomic E-state index is 0.346. The van der Waals surface area contributed by atoms with Gasteiger partial charge in [-0.2, -0.15) is 0 Å². The Morgan fingerprint density at radius 2 is 2.75 bits per heavy atom. The van der Waals surface area contributed by atoms with E-state index in [1.54, 1.807) is 0 Å². The highest BCUT2D eigenvalue weighted by Gasteiger charge is 1.96. The van der Waals surface area contributed by atoms with Gasteiger partial charge in [0.15, 0.2) is 6.21 Å². The average molecular weight is 167 g/mol. The number of anilines is 1. The second kappa shape index (κ2) is 4.12. The van der Waals surface area contributed by atoms with E-state index in [0.717, 1.165) is 0 Å². The quantitative estimate of drug-likeness (QED) is 0.371. The van der Waals surface area contributed by atoms with Crippen LogP contribution in [0.5, 0.6) is 0 Å². The number of H-pyrrole nitrogens is 1. The minimum Gasteiger partial charge on any atom is -0.399 e. The van der Waals surface area contributed by atoms with Crippen LogP contribution in [0.15, 0.2) is 11.4 Å². The molecule has 6 nitrogen and oxygen atoms in total. The molecule has 0 saturated heterocycles. The number of rotatable bonds is 4. The van der Waals surface area contributed by atoms with Crippen LogP contribution in [-0.2, 0) is 9.63 Å². The molecule has 0 bridgehead atoms. The lowest BCUT2D eigenvalue weighted by molar-refractivity contribution is -0.105. The number of hydrogen-bond donors (Lipinski definition) is 2. The molecule has 1 aromatic rings. The lowest BCUT2D eigenvalue weighted by Crippen LogP contribution is -1.95. The number of imidazole rings is 1. The van der Waals surface area contributed by atoms with E-state index >= 15 is 0 Å². The summed E-state index contributed by atoms with van der Waals surface area (Å²) in [5, 5.41) is 5.70. The van der Waals surface area contributed by atoms with Crippen LogP contribution in [-0.4, -0.2) is 29.7 Å². The topological polar surface area (TPSA) is 79.4 Å². The fraction of sp³-hybridized carbons (Fsp3) is 0.167. The predicted octanol–water partition coefficient (Wildman–Crippen LogP) is -0.165. The number of carbonyl (C=O) groups excluding carboxylic acids is 1. The van der Waals surface area contributed by atoms with E-state index in [1.165, 1.54) is 13.3 Å². The molecular weight excluding hydrogens is 160 g/mol. The highest BCUT2D eigenvalue weighted by Crippen LogP contribution is 1.97. The van der Waals surface area contributed by atoms with Crippen molar-refractivity contribution in [1.29, 1.82) is 0 Å². The SMILES string of the molecule is CO/N=[C]/c1c[nH]c(NC=O)n1. The van der Waals surface area contributed by atoms with E-state index in [9.17, 15) is 4.79 Å². The van der Waals surface area contributed by atoms with Crippen molar-refractivity contribution in [3.05, 3.63) is 11.9 Å². The molecule has 0 spiro atoms. The maximum atomic E-state index is 9.96. The van der Waals surface area contributed by atoms with Crippen molar-refractivity contribution in [3.8, 4) is 0 Å². The highest BCUT2D eigenvalue weighted by atomic mass is 16.6. The number of carbonyl (C=O) groups is 1. The van der Waals surface area contributed by atoms with Gasteiger partial charge in [0.25, 0.3) is 0 Å². The summed E-state index contributed by atoms with van der Waals surface area (Å²) < 4.78 is 0. The Kier molecular flexibility index (Phi) is 2.83. The van der Waals surface area contributed by atoms with Crippen LogP contribution in [0.2, 0.25) is 0 Å². The zero-order chi connectivity index (χ0) is 8.81. The van der Waals surface area contributed by atoms with Crippen LogP contribution in [0.3, 0.4) is 0 Å². The second-order valence-corrected chi connectivity index (χ2v) is 1.78. The molecule has 1 rings (SSSR count). The van der Waals surface area contributed by atoms with Crippen LogP contribution in [0, 0.1) is 0 Å². The van der Waals surface area contributed by atoms with Gasteiger partial charge in [-0.25, -0.2) is 4.98 Å². The summed E-state index contributed by atoms with van der Waals surface area (Å²) in [7, 11) is 1.41. The van der Waals surface area contributed by atoms with Crippen LogP contribution in [0.25, 0.3) is 0 Å². The van der Waals surface area contributed by atoms with Crippen LogP contribution >= 0.6 is 0 Å². The van der Waals surface area contributed by atoms with Crippen molar-refractivity contribution in [3.63, 3.8) is 0 Å². The minimum atomic E-state index is 0.346. The first kappa shape index (κ1) is 8.25. The highest BCUT2D eigenvalue weighted by molar-refractivity contribution is 5.77. The fourth-order valence-corrected chi connectivity index (χ4v) is 0.601. The summed E-state index contributed by atoms with van der Waals surface area (Å²) in [5.74, 6) is 0.346. The molecule has 1 radical (unpaired) electrons. The first-order valence-electron chi connectivity index (χ1n) is 3.11. The van der Waals surface area contributed by atoms with Crippen LogP contribution in [0.1, 0.15) is 5.69 Å². The van der Waals surface area contributed by atoms with E-state index in [1.807, 2.05) is 0 Å². The first-order valence-corrected chi connectivity index (χ1v) is 3.11. The van der Waals surface area contributed by atoms with Crippen LogP contribution in [0.4, 0.5) is 5.95 Å². The molecule has 0 unspecified atom stereocenters. The number of nitrogens with one attached hydrogen (secondary N) is 2. The number of aromatic amines is 1. The van der Waals surface area contributed by atoms with E-state index in [4.69, 9.17) is 0 Å². The Morgan fingerprint density at radius 1 is 1.92 bits per heavy atom. The van der Waals surface area contributed by atoms with E-state index in [0.29, 0.717) is 18.1 Å². The smallest absolute Gasteiger partial charge is 0.213 e. The molecule has 0 aliphatic rings. The Labute approximate surface area is 68.6 Å². The summed E-state index contributed by atoms with van der Waals surface area (Å²) in [4.78, 5) is 20.9. The monoisotopic (exact) mass is 167 g/mol. The van der Waals surface area contributed by atoms with Gasteiger partial charge < -0.3 is 9.82 Å². The molecule has 63 valence electrons. The number of amides is 1. The third-order valence-corrected chi connectivity index (χ3v) is 1.02. The summed E-state index contributed by atoms with van der Waals surface area (Å²) in [6.07, 6.45) is 4.54. The van der Waals surface area contributed by atoms with Gasteiger partial charge in [-0.05, 0) is 0 Å². The summed E-state index contributed by atoms with van der Waals surface area (Å²) in [6, 6.07) is 0. The molecule has 6 heteroatoms. The number of hydrogen-bond acceptors (Lipinski definition) is 4. The van der Waals surface area contributed by atoms with Gasteiger partial charge in [0, 0.05) is 6.20 Å². The van der Waals surface area contributed by atoms with Crippen molar-refractivity contribution in [2.45, 2.75) is 0 Å². The zero-order valence-electron chi connectivity index (χ0n) is 6.37. The molecule has 1 aromatic heterocycles. The first-order chi connectivity index (χ1) is 5.86. The standard InChI is InChI=1S/C6H7N4O2/c1-12-9-3-5-2-7-6(10-5)8-4-11/h2,4H,1H3,(H2,7,8,10,11). The molecule has 12 heavy (non-hydrogen) atoms. The van der Waals surface area contributed by atoms with Gasteiger partial charge in [0.1, 0.15) is 12.8 Å². The van der Waals surface area contributed by atoms with Crippen molar-refractivity contribution in [2.24, 2.45) is 5.16 Å². The van der Waals surface area contributed by atoms with Gasteiger partial charge in [-0.3, -0.25) is 10.1 Å². The van der Waals surface area contributed by atoms with Crippen molar-refractivity contribution in [2.75, 3.05) is 12.4 Å². The molecule has 0 fully saturated rings. The lowest BCUT2D eigenvalue weighted by atomic mass is 10.5. The number of nitrogens with zero attached hydrogens (tertiary/aromatic N) is 2. The predicted molar refractivity (Wildman–Crippen MR) is 41.8 cm³/mol. The lowest BCUT2D eigenvalue weighted by Gasteiger charge is -1.85. The molecule has 0 aliphatic carbocycles. The van der Waals surface area contributed by atoms with Gasteiger partial charge in [0.2, 0.25) is 12.4 Å².